The lowest BCUT2D eigenvalue weighted by Gasteiger charge is -2.22. The maximum Gasteiger partial charge on any atom is 0.329 e. The van der Waals surface area contributed by atoms with Crippen molar-refractivity contribution in [2.45, 2.75) is 25.3 Å². The highest BCUT2D eigenvalue weighted by Crippen LogP contribution is 2.18. The molecule has 0 rings (SSSR count). The highest BCUT2D eigenvalue weighted by atomic mass is 19.3. The first-order valence-electron chi connectivity index (χ1n) is 4.00. The fourth-order valence-electron chi connectivity index (χ4n) is 0.696. The largest absolute Gasteiger partial charge is 0.480 e. The SMILES string of the molecule is C/C(=C\CC(N)(C(=O)O)C(F)F)CN. The Morgan fingerprint density at radius 2 is 2.14 bits per heavy atom. The summed E-state index contributed by atoms with van der Waals surface area (Å²) in [5.74, 6) is -1.71. The van der Waals surface area contributed by atoms with E-state index in [1.807, 2.05) is 0 Å². The van der Waals surface area contributed by atoms with Crippen LogP contribution >= 0.6 is 0 Å². The van der Waals surface area contributed by atoms with Crippen molar-refractivity contribution in [3.63, 3.8) is 0 Å². The average Bonchev–Trinajstić information content (AvgIpc) is 2.12. The number of carbonyl (C=O) groups is 1. The van der Waals surface area contributed by atoms with E-state index in [0.717, 1.165) is 0 Å². The molecular formula is C8H14F2N2O2. The lowest BCUT2D eigenvalue weighted by atomic mass is 9.96. The summed E-state index contributed by atoms with van der Waals surface area (Å²) in [6.45, 7) is 1.81. The quantitative estimate of drug-likeness (QED) is 0.568. The molecule has 1 atom stereocenters. The monoisotopic (exact) mass is 208 g/mol. The summed E-state index contributed by atoms with van der Waals surface area (Å²) in [6, 6.07) is 0. The van der Waals surface area contributed by atoms with E-state index in [9.17, 15) is 13.6 Å². The molecule has 0 amide bonds. The molecule has 0 aliphatic rings. The molecule has 0 bridgehead atoms. The lowest BCUT2D eigenvalue weighted by Crippen LogP contribution is -2.53. The van der Waals surface area contributed by atoms with Crippen molar-refractivity contribution in [2.75, 3.05) is 6.54 Å². The molecule has 0 saturated heterocycles. The minimum Gasteiger partial charge on any atom is -0.480 e. The predicted octanol–water partition coefficient (Wildman–Crippen LogP) is 0.329. The van der Waals surface area contributed by atoms with Gasteiger partial charge in [-0.2, -0.15) is 0 Å². The summed E-state index contributed by atoms with van der Waals surface area (Å²) in [5.41, 5.74) is 8.37. The van der Waals surface area contributed by atoms with Gasteiger partial charge in [-0.25, -0.2) is 13.6 Å². The Morgan fingerprint density at radius 1 is 1.64 bits per heavy atom. The molecule has 1 unspecified atom stereocenters. The second-order valence-electron chi connectivity index (χ2n) is 3.10. The minimum absolute atomic E-state index is 0.193. The van der Waals surface area contributed by atoms with E-state index in [1.165, 1.54) is 6.08 Å². The molecule has 5 N–H and O–H groups in total. The zero-order chi connectivity index (χ0) is 11.4. The highest BCUT2D eigenvalue weighted by molar-refractivity contribution is 5.79. The zero-order valence-corrected chi connectivity index (χ0v) is 7.84. The van der Waals surface area contributed by atoms with Gasteiger partial charge >= 0.3 is 5.97 Å². The first kappa shape index (κ1) is 13.0. The van der Waals surface area contributed by atoms with Crippen molar-refractivity contribution in [3.05, 3.63) is 11.6 Å². The lowest BCUT2D eigenvalue weighted by molar-refractivity contribution is -0.149. The second kappa shape index (κ2) is 5.02. The third kappa shape index (κ3) is 3.04. The van der Waals surface area contributed by atoms with Crippen molar-refractivity contribution in [2.24, 2.45) is 11.5 Å². The minimum atomic E-state index is -3.11. The van der Waals surface area contributed by atoms with Gasteiger partial charge in [-0.15, -0.1) is 0 Å². The molecule has 82 valence electrons. The molecule has 0 aliphatic carbocycles. The summed E-state index contributed by atoms with van der Waals surface area (Å²) in [4.78, 5) is 10.5. The van der Waals surface area contributed by atoms with Crippen LogP contribution in [0.2, 0.25) is 0 Å². The van der Waals surface area contributed by atoms with Gasteiger partial charge in [0.25, 0.3) is 6.43 Å². The molecule has 14 heavy (non-hydrogen) atoms. The van der Waals surface area contributed by atoms with Crippen molar-refractivity contribution in [1.82, 2.24) is 0 Å². The molecule has 0 aromatic carbocycles. The number of carboxylic acids is 1. The van der Waals surface area contributed by atoms with Crippen molar-refractivity contribution >= 4 is 5.97 Å². The molecule has 4 nitrogen and oxygen atoms in total. The Labute approximate surface area is 80.6 Å². The van der Waals surface area contributed by atoms with Gasteiger partial charge in [0.05, 0.1) is 0 Å². The average molecular weight is 208 g/mol. The van der Waals surface area contributed by atoms with E-state index in [2.05, 4.69) is 0 Å². The van der Waals surface area contributed by atoms with E-state index in [-0.39, 0.29) is 6.54 Å². The van der Waals surface area contributed by atoms with Crippen molar-refractivity contribution in [1.29, 1.82) is 0 Å². The van der Waals surface area contributed by atoms with Gasteiger partial charge in [0, 0.05) is 13.0 Å². The summed E-state index contributed by atoms with van der Waals surface area (Å²) in [7, 11) is 0. The third-order valence-electron chi connectivity index (χ3n) is 1.90. The summed E-state index contributed by atoms with van der Waals surface area (Å²) >= 11 is 0. The van der Waals surface area contributed by atoms with Crippen LogP contribution in [0.3, 0.4) is 0 Å². The van der Waals surface area contributed by atoms with Gasteiger partial charge in [0.1, 0.15) is 0 Å². The molecular weight excluding hydrogens is 194 g/mol. The number of hydrogen-bond donors (Lipinski definition) is 3. The number of aliphatic carboxylic acids is 1. The maximum atomic E-state index is 12.3. The highest BCUT2D eigenvalue weighted by Gasteiger charge is 2.42. The van der Waals surface area contributed by atoms with Crippen LogP contribution in [0.5, 0.6) is 0 Å². The number of halogens is 2. The smallest absolute Gasteiger partial charge is 0.329 e. The van der Waals surface area contributed by atoms with Crippen LogP contribution in [0.25, 0.3) is 0 Å². The summed E-state index contributed by atoms with van der Waals surface area (Å²) in [6.07, 6.45) is -2.22. The van der Waals surface area contributed by atoms with Crippen LogP contribution in [0.4, 0.5) is 8.78 Å². The fraction of sp³-hybridized carbons (Fsp3) is 0.625. The number of hydrogen-bond acceptors (Lipinski definition) is 3. The van der Waals surface area contributed by atoms with E-state index in [0.29, 0.717) is 5.57 Å². The van der Waals surface area contributed by atoms with Crippen molar-refractivity contribution in [3.8, 4) is 0 Å². The summed E-state index contributed by atoms with van der Waals surface area (Å²) in [5, 5.41) is 8.52. The Kier molecular flexibility index (Phi) is 4.65. The predicted molar refractivity (Wildman–Crippen MR) is 48.0 cm³/mol. The van der Waals surface area contributed by atoms with E-state index in [1.54, 1.807) is 6.92 Å². The number of carboxylic acid groups (broad SMARTS) is 1. The molecule has 6 heteroatoms. The first-order valence-corrected chi connectivity index (χ1v) is 4.00. The number of nitrogens with two attached hydrogens (primary N) is 2. The molecule has 0 radical (unpaired) electrons. The van der Waals surface area contributed by atoms with Crippen LogP contribution in [0.15, 0.2) is 11.6 Å². The van der Waals surface area contributed by atoms with Crippen LogP contribution in [-0.4, -0.2) is 29.6 Å². The van der Waals surface area contributed by atoms with Gasteiger partial charge < -0.3 is 16.6 Å². The summed E-state index contributed by atoms with van der Waals surface area (Å²) < 4.78 is 24.6. The van der Waals surface area contributed by atoms with E-state index >= 15 is 0 Å². The van der Waals surface area contributed by atoms with Crippen LogP contribution in [0.1, 0.15) is 13.3 Å². The Balaban J connectivity index is 4.63. The van der Waals surface area contributed by atoms with Gasteiger partial charge in [0.15, 0.2) is 5.54 Å². The molecule has 0 fully saturated rings. The zero-order valence-electron chi connectivity index (χ0n) is 7.84. The molecule has 0 saturated carbocycles. The molecule has 0 aromatic rings. The fourth-order valence-corrected chi connectivity index (χ4v) is 0.696. The number of rotatable bonds is 5. The maximum absolute atomic E-state index is 12.3. The Hall–Kier alpha value is -1.01. The normalized spacial score (nSPS) is 16.9. The second-order valence-corrected chi connectivity index (χ2v) is 3.10. The molecule has 0 heterocycles. The van der Waals surface area contributed by atoms with Gasteiger partial charge in [-0.1, -0.05) is 11.6 Å². The van der Waals surface area contributed by atoms with Gasteiger partial charge in [-0.3, -0.25) is 0 Å². The Morgan fingerprint density at radius 3 is 2.43 bits per heavy atom. The van der Waals surface area contributed by atoms with Gasteiger partial charge in [-0.05, 0) is 6.92 Å². The van der Waals surface area contributed by atoms with Crippen LogP contribution in [0, 0.1) is 0 Å². The molecule has 0 aromatic heterocycles. The van der Waals surface area contributed by atoms with Crippen LogP contribution in [-0.2, 0) is 4.79 Å². The number of alkyl halides is 2. The van der Waals surface area contributed by atoms with E-state index in [4.69, 9.17) is 16.6 Å². The Bertz CT molecular complexity index is 243. The van der Waals surface area contributed by atoms with Crippen molar-refractivity contribution < 1.29 is 18.7 Å². The first-order chi connectivity index (χ1) is 6.34. The van der Waals surface area contributed by atoms with Crippen LogP contribution < -0.4 is 11.5 Å². The molecule has 0 spiro atoms. The molecule has 0 aliphatic heterocycles. The van der Waals surface area contributed by atoms with E-state index < -0.39 is 24.4 Å². The third-order valence-corrected chi connectivity index (χ3v) is 1.90. The topological polar surface area (TPSA) is 89.3 Å². The standard InChI is InChI=1S/C8H14F2N2O2/c1-5(4-11)2-3-8(12,6(9)10)7(13)14/h2,6H,3-4,11-12H2,1H3,(H,13,14)/b5-2+. The van der Waals surface area contributed by atoms with Gasteiger partial charge in [0.2, 0.25) is 0 Å².